The van der Waals surface area contributed by atoms with Crippen LogP contribution in [0.2, 0.25) is 0 Å². The number of benzene rings is 2. The molecule has 1 aromatic heterocycles. The molecule has 0 saturated carbocycles. The number of rotatable bonds is 0. The largest absolute Gasteiger partial charge is 0.386 e. The van der Waals surface area contributed by atoms with E-state index in [0.717, 1.165) is 10.8 Å². The molecule has 0 N–H and O–H groups in total. The zero-order valence-electron chi connectivity index (χ0n) is 12.8. The second-order valence-corrected chi connectivity index (χ2v) is 3.77. The molecule has 0 amide bonds. The Hall–Kier alpha value is -2.42. The van der Waals surface area contributed by atoms with Gasteiger partial charge in [0, 0.05) is 0 Å². The molecular weight excluding hydrogens is 264 g/mol. The minimum atomic E-state index is -0.596. The summed E-state index contributed by atoms with van der Waals surface area (Å²) in [6.07, 6.45) is 0. The summed E-state index contributed by atoms with van der Waals surface area (Å²) >= 11 is 0. The SMILES string of the molecule is CC.CC.O=c1oc(=O)c2ccccc2c2ccccc12. The van der Waals surface area contributed by atoms with Crippen LogP contribution < -0.4 is 11.3 Å². The van der Waals surface area contributed by atoms with Crippen molar-refractivity contribution in [3.05, 3.63) is 69.4 Å². The molecule has 0 aliphatic rings. The van der Waals surface area contributed by atoms with Crippen molar-refractivity contribution in [1.29, 1.82) is 0 Å². The Morgan fingerprint density at radius 2 is 0.857 bits per heavy atom. The monoisotopic (exact) mass is 284 g/mol. The van der Waals surface area contributed by atoms with Gasteiger partial charge in [0.05, 0.1) is 10.8 Å². The Kier molecular flexibility index (Phi) is 6.34. The van der Waals surface area contributed by atoms with Gasteiger partial charge in [-0.05, 0) is 22.9 Å². The van der Waals surface area contributed by atoms with Crippen molar-refractivity contribution >= 4 is 21.5 Å². The minimum Gasteiger partial charge on any atom is -0.386 e. The molecule has 110 valence electrons. The lowest BCUT2D eigenvalue weighted by Crippen LogP contribution is -2.04. The average Bonchev–Trinajstić information content (AvgIpc) is 2.68. The fourth-order valence-corrected chi connectivity index (χ4v) is 1.99. The van der Waals surface area contributed by atoms with Gasteiger partial charge >= 0.3 is 11.3 Å². The Morgan fingerprint density at radius 3 is 1.19 bits per heavy atom. The highest BCUT2D eigenvalue weighted by Gasteiger charge is 2.05. The van der Waals surface area contributed by atoms with Crippen molar-refractivity contribution < 1.29 is 4.42 Å². The lowest BCUT2D eigenvalue weighted by Gasteiger charge is -1.93. The van der Waals surface area contributed by atoms with E-state index in [4.69, 9.17) is 4.42 Å². The van der Waals surface area contributed by atoms with Gasteiger partial charge < -0.3 is 4.42 Å². The molecule has 0 radical (unpaired) electrons. The summed E-state index contributed by atoms with van der Waals surface area (Å²) in [5.74, 6) is 0. The number of hydrogen-bond acceptors (Lipinski definition) is 3. The molecule has 0 aliphatic carbocycles. The van der Waals surface area contributed by atoms with Crippen LogP contribution in [-0.4, -0.2) is 0 Å². The van der Waals surface area contributed by atoms with Crippen molar-refractivity contribution in [3.63, 3.8) is 0 Å². The quantitative estimate of drug-likeness (QED) is 0.616. The van der Waals surface area contributed by atoms with E-state index in [0.29, 0.717) is 10.8 Å². The Labute approximate surface area is 123 Å². The second-order valence-electron chi connectivity index (χ2n) is 3.77. The molecule has 0 fully saturated rings. The van der Waals surface area contributed by atoms with Crippen LogP contribution in [0.3, 0.4) is 0 Å². The maximum atomic E-state index is 11.7. The summed E-state index contributed by atoms with van der Waals surface area (Å²) < 4.78 is 4.79. The second kappa shape index (κ2) is 8.00. The fourth-order valence-electron chi connectivity index (χ4n) is 1.99. The fraction of sp³-hybridized carbons (Fsp3) is 0.222. The summed E-state index contributed by atoms with van der Waals surface area (Å²) in [5.41, 5.74) is -1.19. The van der Waals surface area contributed by atoms with Crippen LogP contribution in [0, 0.1) is 0 Å². The Balaban J connectivity index is 0.000000510. The molecule has 3 heteroatoms. The summed E-state index contributed by atoms with van der Waals surface area (Å²) in [6, 6.07) is 14.1. The lowest BCUT2D eigenvalue weighted by atomic mass is 10.1. The molecule has 3 aromatic rings. The third-order valence-electron chi connectivity index (χ3n) is 2.77. The molecule has 3 rings (SSSR count). The Bertz CT molecular complexity index is 763. The van der Waals surface area contributed by atoms with Gasteiger partial charge in [-0.15, -0.1) is 0 Å². The first-order valence-corrected chi connectivity index (χ1v) is 7.22. The minimum absolute atomic E-state index is 0.422. The van der Waals surface area contributed by atoms with E-state index in [1.165, 1.54) is 0 Å². The highest BCUT2D eigenvalue weighted by molar-refractivity contribution is 6.04. The summed E-state index contributed by atoms with van der Waals surface area (Å²) in [4.78, 5) is 23.5. The predicted molar refractivity (Wildman–Crippen MR) is 89.0 cm³/mol. The van der Waals surface area contributed by atoms with E-state index < -0.39 is 11.3 Å². The van der Waals surface area contributed by atoms with Gasteiger partial charge in [-0.3, -0.25) is 0 Å². The van der Waals surface area contributed by atoms with Crippen molar-refractivity contribution in [2.75, 3.05) is 0 Å². The molecule has 2 aromatic carbocycles. The third kappa shape index (κ3) is 3.37. The number of hydrogen-bond donors (Lipinski definition) is 0. The maximum Gasteiger partial charge on any atom is 0.346 e. The van der Waals surface area contributed by atoms with Gasteiger partial charge in [-0.1, -0.05) is 64.1 Å². The van der Waals surface area contributed by atoms with Crippen molar-refractivity contribution in [2.45, 2.75) is 27.7 Å². The van der Waals surface area contributed by atoms with Gasteiger partial charge in [0.15, 0.2) is 0 Å². The first-order valence-electron chi connectivity index (χ1n) is 7.22. The van der Waals surface area contributed by atoms with Crippen LogP contribution in [0.5, 0.6) is 0 Å². The van der Waals surface area contributed by atoms with Gasteiger partial charge in [-0.25, -0.2) is 9.59 Å². The van der Waals surface area contributed by atoms with Crippen molar-refractivity contribution in [3.8, 4) is 0 Å². The van der Waals surface area contributed by atoms with Crippen molar-refractivity contribution in [1.82, 2.24) is 0 Å². The molecule has 0 saturated heterocycles. The van der Waals surface area contributed by atoms with E-state index in [2.05, 4.69) is 0 Å². The maximum absolute atomic E-state index is 11.7. The predicted octanol–water partition coefficient (Wildman–Crippen LogP) is 4.36. The van der Waals surface area contributed by atoms with E-state index in [-0.39, 0.29) is 0 Å². The zero-order chi connectivity index (χ0) is 15.8. The topological polar surface area (TPSA) is 47.3 Å². The Morgan fingerprint density at radius 1 is 0.571 bits per heavy atom. The molecule has 0 unspecified atom stereocenters. The van der Waals surface area contributed by atoms with Gasteiger partial charge in [0.2, 0.25) is 0 Å². The molecule has 0 atom stereocenters. The highest BCUT2D eigenvalue weighted by Crippen LogP contribution is 2.18. The molecule has 3 nitrogen and oxygen atoms in total. The standard InChI is InChI=1S/C14H8O3.2C2H6/c15-13-11-7-3-1-5-9(11)10-6-2-4-8-12(10)14(16)17-13;2*1-2/h1-8H;2*1-2H3. The van der Waals surface area contributed by atoms with Crippen LogP contribution in [0.4, 0.5) is 0 Å². The molecule has 0 aliphatic heterocycles. The van der Waals surface area contributed by atoms with Gasteiger partial charge in [-0.2, -0.15) is 0 Å². The normalized spacial score (nSPS) is 9.33. The van der Waals surface area contributed by atoms with Gasteiger partial charge in [0.25, 0.3) is 0 Å². The van der Waals surface area contributed by atoms with Gasteiger partial charge in [0.1, 0.15) is 0 Å². The van der Waals surface area contributed by atoms with Crippen LogP contribution in [0.25, 0.3) is 21.5 Å². The van der Waals surface area contributed by atoms with E-state index >= 15 is 0 Å². The highest BCUT2D eigenvalue weighted by atomic mass is 16.4. The molecule has 0 spiro atoms. The van der Waals surface area contributed by atoms with E-state index in [1.54, 1.807) is 24.3 Å². The molecule has 0 bridgehead atoms. The molecule has 21 heavy (non-hydrogen) atoms. The first-order chi connectivity index (χ1) is 10.3. The lowest BCUT2D eigenvalue weighted by molar-refractivity contribution is 0.491. The summed E-state index contributed by atoms with van der Waals surface area (Å²) in [5, 5.41) is 2.31. The van der Waals surface area contributed by atoms with Crippen LogP contribution in [0.15, 0.2) is 62.5 Å². The average molecular weight is 284 g/mol. The van der Waals surface area contributed by atoms with Crippen LogP contribution in [-0.2, 0) is 0 Å². The summed E-state index contributed by atoms with van der Waals surface area (Å²) in [6.45, 7) is 8.00. The van der Waals surface area contributed by atoms with E-state index in [9.17, 15) is 9.59 Å². The first kappa shape index (κ1) is 16.6. The van der Waals surface area contributed by atoms with E-state index in [1.807, 2.05) is 52.0 Å². The summed E-state index contributed by atoms with van der Waals surface area (Å²) in [7, 11) is 0. The molecule has 1 heterocycles. The smallest absolute Gasteiger partial charge is 0.346 e. The third-order valence-corrected chi connectivity index (χ3v) is 2.77. The zero-order valence-corrected chi connectivity index (χ0v) is 12.8. The van der Waals surface area contributed by atoms with Crippen LogP contribution >= 0.6 is 0 Å². The molecular formula is C18H20O3. The van der Waals surface area contributed by atoms with Crippen LogP contribution in [0.1, 0.15) is 27.7 Å². The van der Waals surface area contributed by atoms with Crippen molar-refractivity contribution in [2.24, 2.45) is 0 Å². The number of fused-ring (bicyclic) bond motifs is 3.